The molecule has 1 aliphatic carbocycles. The molecule has 1 saturated carbocycles. The summed E-state index contributed by atoms with van der Waals surface area (Å²) in [5, 5.41) is 5.15. The zero-order valence-electron chi connectivity index (χ0n) is 11.1. The molecule has 5 heteroatoms. The highest BCUT2D eigenvalue weighted by atomic mass is 32.2. The van der Waals surface area contributed by atoms with Crippen molar-refractivity contribution in [3.63, 3.8) is 0 Å². The molecular formula is C14H17N3OS. The second-order valence-electron chi connectivity index (χ2n) is 4.85. The Bertz CT molecular complexity index is 558. The minimum absolute atomic E-state index is 0.668. The average Bonchev–Trinajstić information content (AvgIpc) is 3.16. The van der Waals surface area contributed by atoms with E-state index in [1.807, 2.05) is 26.1 Å². The van der Waals surface area contributed by atoms with Gasteiger partial charge in [0.05, 0.1) is 5.69 Å². The summed E-state index contributed by atoms with van der Waals surface area (Å²) in [5.74, 6) is 0.871. The summed E-state index contributed by atoms with van der Waals surface area (Å²) in [6, 6.07) is 4.78. The van der Waals surface area contributed by atoms with Crippen molar-refractivity contribution in [3.8, 4) is 0 Å². The molecule has 0 saturated heterocycles. The van der Waals surface area contributed by atoms with Gasteiger partial charge in [-0.3, -0.25) is 0 Å². The lowest BCUT2D eigenvalue weighted by atomic mass is 10.3. The standard InChI is InChI=1S/C14H17N3OS/c1-9-10(2)18-14(17-9)19-13-11(4-3-7-15-13)8-16-12-5-6-12/h3-4,7,12,16H,5-6,8H2,1-2H3. The van der Waals surface area contributed by atoms with Gasteiger partial charge >= 0.3 is 0 Å². The van der Waals surface area contributed by atoms with Crippen LogP contribution in [0.3, 0.4) is 0 Å². The van der Waals surface area contributed by atoms with Crippen LogP contribution in [0.1, 0.15) is 29.9 Å². The highest BCUT2D eigenvalue weighted by Crippen LogP contribution is 2.29. The van der Waals surface area contributed by atoms with Crippen molar-refractivity contribution >= 4 is 11.8 Å². The van der Waals surface area contributed by atoms with Crippen molar-refractivity contribution in [1.82, 2.24) is 15.3 Å². The van der Waals surface area contributed by atoms with E-state index >= 15 is 0 Å². The van der Waals surface area contributed by atoms with Crippen LogP contribution in [0.25, 0.3) is 0 Å². The fourth-order valence-corrected chi connectivity index (χ4v) is 2.66. The largest absolute Gasteiger partial charge is 0.436 e. The molecule has 1 N–H and O–H groups in total. The van der Waals surface area contributed by atoms with Crippen LogP contribution in [0.4, 0.5) is 0 Å². The van der Waals surface area contributed by atoms with Gasteiger partial charge in [-0.15, -0.1) is 0 Å². The lowest BCUT2D eigenvalue weighted by Gasteiger charge is -2.06. The first-order valence-corrected chi connectivity index (χ1v) is 7.33. The minimum atomic E-state index is 0.668. The first kappa shape index (κ1) is 12.7. The number of aryl methyl sites for hydroxylation is 2. The second-order valence-corrected chi connectivity index (χ2v) is 5.79. The van der Waals surface area contributed by atoms with E-state index < -0.39 is 0 Å². The van der Waals surface area contributed by atoms with E-state index in [9.17, 15) is 0 Å². The van der Waals surface area contributed by atoms with Gasteiger partial charge in [0, 0.05) is 18.8 Å². The Morgan fingerprint density at radius 1 is 1.42 bits per heavy atom. The van der Waals surface area contributed by atoms with Crippen molar-refractivity contribution in [1.29, 1.82) is 0 Å². The van der Waals surface area contributed by atoms with E-state index in [2.05, 4.69) is 21.4 Å². The third-order valence-corrected chi connectivity index (χ3v) is 4.11. The zero-order valence-corrected chi connectivity index (χ0v) is 12.0. The maximum Gasteiger partial charge on any atom is 0.262 e. The molecule has 0 spiro atoms. The maximum absolute atomic E-state index is 5.60. The molecule has 100 valence electrons. The molecular weight excluding hydrogens is 258 g/mol. The third-order valence-electron chi connectivity index (χ3n) is 3.20. The van der Waals surface area contributed by atoms with Gasteiger partial charge in [0.1, 0.15) is 10.8 Å². The summed E-state index contributed by atoms with van der Waals surface area (Å²) >= 11 is 1.49. The fraction of sp³-hybridized carbons (Fsp3) is 0.429. The van der Waals surface area contributed by atoms with Crippen molar-refractivity contribution in [2.24, 2.45) is 0 Å². The molecule has 19 heavy (non-hydrogen) atoms. The second kappa shape index (κ2) is 5.35. The Morgan fingerprint density at radius 3 is 2.95 bits per heavy atom. The monoisotopic (exact) mass is 275 g/mol. The molecule has 0 aliphatic heterocycles. The normalized spacial score (nSPS) is 14.8. The van der Waals surface area contributed by atoms with E-state index in [0.29, 0.717) is 11.3 Å². The molecule has 0 aromatic carbocycles. The summed E-state index contributed by atoms with van der Waals surface area (Å²) in [4.78, 5) is 8.82. The number of nitrogens with one attached hydrogen (secondary N) is 1. The van der Waals surface area contributed by atoms with E-state index in [0.717, 1.165) is 23.0 Å². The van der Waals surface area contributed by atoms with E-state index in [-0.39, 0.29) is 0 Å². The van der Waals surface area contributed by atoms with Crippen molar-refractivity contribution in [3.05, 3.63) is 35.3 Å². The van der Waals surface area contributed by atoms with Crippen LogP contribution < -0.4 is 5.32 Å². The first-order chi connectivity index (χ1) is 9.22. The van der Waals surface area contributed by atoms with E-state index in [1.54, 1.807) is 0 Å². The summed E-state index contributed by atoms with van der Waals surface area (Å²) in [6.07, 6.45) is 4.40. The smallest absolute Gasteiger partial charge is 0.262 e. The fourth-order valence-electron chi connectivity index (χ4n) is 1.76. The molecule has 2 aromatic rings. The van der Waals surface area contributed by atoms with Crippen LogP contribution in [-0.2, 0) is 6.54 Å². The Morgan fingerprint density at radius 2 is 2.26 bits per heavy atom. The quantitative estimate of drug-likeness (QED) is 0.908. The van der Waals surface area contributed by atoms with Crippen LogP contribution in [-0.4, -0.2) is 16.0 Å². The van der Waals surface area contributed by atoms with E-state index in [1.165, 1.54) is 30.2 Å². The number of nitrogens with zero attached hydrogens (tertiary/aromatic N) is 2. The predicted molar refractivity (Wildman–Crippen MR) is 74.2 cm³/mol. The number of pyridine rings is 1. The Hall–Kier alpha value is -1.33. The molecule has 0 atom stereocenters. The third kappa shape index (κ3) is 3.16. The maximum atomic E-state index is 5.60. The SMILES string of the molecule is Cc1nc(Sc2ncccc2CNC2CC2)oc1C. The number of aromatic nitrogens is 2. The summed E-state index contributed by atoms with van der Waals surface area (Å²) in [6.45, 7) is 4.75. The highest BCUT2D eigenvalue weighted by Gasteiger charge is 2.21. The van der Waals surface area contributed by atoms with Gasteiger partial charge in [0.2, 0.25) is 0 Å². The van der Waals surface area contributed by atoms with Gasteiger partial charge in [0.15, 0.2) is 0 Å². The average molecular weight is 275 g/mol. The number of oxazole rings is 1. The lowest BCUT2D eigenvalue weighted by Crippen LogP contribution is -2.16. The minimum Gasteiger partial charge on any atom is -0.436 e. The number of hydrogen-bond donors (Lipinski definition) is 1. The van der Waals surface area contributed by atoms with Gasteiger partial charge in [-0.25, -0.2) is 9.97 Å². The summed E-state index contributed by atoms with van der Waals surface area (Å²) < 4.78 is 5.60. The molecule has 4 nitrogen and oxygen atoms in total. The highest BCUT2D eigenvalue weighted by molar-refractivity contribution is 7.99. The molecule has 0 radical (unpaired) electrons. The Labute approximate surface area is 117 Å². The lowest BCUT2D eigenvalue weighted by molar-refractivity contribution is 0.431. The van der Waals surface area contributed by atoms with Gasteiger partial charge < -0.3 is 9.73 Å². The molecule has 0 bridgehead atoms. The Kier molecular flexibility index (Phi) is 3.57. The van der Waals surface area contributed by atoms with Crippen LogP contribution in [0.2, 0.25) is 0 Å². The summed E-state index contributed by atoms with van der Waals surface area (Å²) in [5.41, 5.74) is 2.14. The van der Waals surface area contributed by atoms with Crippen molar-refractivity contribution < 1.29 is 4.42 Å². The predicted octanol–water partition coefficient (Wildman–Crippen LogP) is 3.09. The van der Waals surface area contributed by atoms with Gasteiger partial charge in [-0.05, 0) is 50.1 Å². The van der Waals surface area contributed by atoms with Crippen LogP contribution in [0, 0.1) is 13.8 Å². The van der Waals surface area contributed by atoms with Crippen molar-refractivity contribution in [2.45, 2.75) is 49.5 Å². The number of hydrogen-bond acceptors (Lipinski definition) is 5. The Balaban J connectivity index is 1.75. The van der Waals surface area contributed by atoms with Crippen LogP contribution in [0.15, 0.2) is 33.0 Å². The molecule has 1 fully saturated rings. The van der Waals surface area contributed by atoms with Gasteiger partial charge in [0.25, 0.3) is 5.22 Å². The van der Waals surface area contributed by atoms with Crippen molar-refractivity contribution in [2.75, 3.05) is 0 Å². The molecule has 0 amide bonds. The molecule has 2 aromatic heterocycles. The molecule has 1 aliphatic rings. The zero-order chi connectivity index (χ0) is 13.2. The molecule has 0 unspecified atom stereocenters. The molecule has 3 rings (SSSR count). The number of rotatable bonds is 5. The molecule has 2 heterocycles. The van der Waals surface area contributed by atoms with Gasteiger partial charge in [-0.2, -0.15) is 0 Å². The first-order valence-electron chi connectivity index (χ1n) is 6.51. The van der Waals surface area contributed by atoms with Gasteiger partial charge in [-0.1, -0.05) is 6.07 Å². The topological polar surface area (TPSA) is 51.0 Å². The van der Waals surface area contributed by atoms with Crippen LogP contribution in [0.5, 0.6) is 0 Å². The summed E-state index contributed by atoms with van der Waals surface area (Å²) in [7, 11) is 0. The van der Waals surface area contributed by atoms with E-state index in [4.69, 9.17) is 4.42 Å². The van der Waals surface area contributed by atoms with Crippen LogP contribution >= 0.6 is 11.8 Å².